The summed E-state index contributed by atoms with van der Waals surface area (Å²) < 4.78 is 1.05. The fraction of sp³-hybridized carbons (Fsp3) is 0.100. The predicted molar refractivity (Wildman–Crippen MR) is 67.5 cm³/mol. The molecule has 0 bridgehead atoms. The molecule has 0 saturated carbocycles. The summed E-state index contributed by atoms with van der Waals surface area (Å²) in [6.07, 6.45) is 0. The standard InChI is InChI=1S/C10H8BrNOS2/c11-8-2-4-15-9(8)5-12-10(13)7-1-3-14-6-7/h1-4,6H,5H2,(H,12,13). The van der Waals surface area contributed by atoms with E-state index in [1.165, 1.54) is 11.3 Å². The van der Waals surface area contributed by atoms with Crippen LogP contribution in [-0.2, 0) is 6.54 Å². The molecule has 1 N–H and O–H groups in total. The average molecular weight is 302 g/mol. The van der Waals surface area contributed by atoms with Crippen LogP contribution in [0.25, 0.3) is 0 Å². The Morgan fingerprint density at radius 2 is 2.27 bits per heavy atom. The first kappa shape index (κ1) is 10.9. The maximum absolute atomic E-state index is 11.6. The van der Waals surface area contributed by atoms with Crippen molar-refractivity contribution in [1.29, 1.82) is 0 Å². The van der Waals surface area contributed by atoms with Crippen LogP contribution in [0.15, 0.2) is 32.7 Å². The Labute approximate surface area is 104 Å². The third-order valence-corrected chi connectivity index (χ3v) is 4.49. The summed E-state index contributed by atoms with van der Waals surface area (Å²) in [5.41, 5.74) is 0.729. The topological polar surface area (TPSA) is 29.1 Å². The van der Waals surface area contributed by atoms with Gasteiger partial charge in [0.1, 0.15) is 0 Å². The predicted octanol–water partition coefficient (Wildman–Crippen LogP) is 3.50. The summed E-state index contributed by atoms with van der Waals surface area (Å²) in [6.45, 7) is 0.576. The minimum Gasteiger partial charge on any atom is -0.347 e. The monoisotopic (exact) mass is 301 g/mol. The molecule has 0 saturated heterocycles. The van der Waals surface area contributed by atoms with Gasteiger partial charge in [-0.3, -0.25) is 4.79 Å². The van der Waals surface area contributed by atoms with E-state index in [0.29, 0.717) is 6.54 Å². The lowest BCUT2D eigenvalue weighted by Gasteiger charge is -2.01. The normalized spacial score (nSPS) is 10.2. The highest BCUT2D eigenvalue weighted by molar-refractivity contribution is 9.10. The van der Waals surface area contributed by atoms with Gasteiger partial charge >= 0.3 is 0 Å². The summed E-state index contributed by atoms with van der Waals surface area (Å²) >= 11 is 6.58. The molecule has 0 aliphatic carbocycles. The van der Waals surface area contributed by atoms with E-state index in [9.17, 15) is 4.79 Å². The zero-order valence-electron chi connectivity index (χ0n) is 7.70. The fourth-order valence-corrected chi connectivity index (χ4v) is 3.18. The second kappa shape index (κ2) is 4.92. The first-order valence-corrected chi connectivity index (χ1v) is 6.91. The third kappa shape index (κ3) is 2.68. The molecule has 78 valence electrons. The van der Waals surface area contributed by atoms with Crippen LogP contribution < -0.4 is 5.32 Å². The first-order valence-electron chi connectivity index (χ1n) is 4.29. The van der Waals surface area contributed by atoms with E-state index in [-0.39, 0.29) is 5.91 Å². The maximum atomic E-state index is 11.6. The summed E-state index contributed by atoms with van der Waals surface area (Å²) in [7, 11) is 0. The summed E-state index contributed by atoms with van der Waals surface area (Å²) in [5, 5.41) is 8.62. The average Bonchev–Trinajstić information content (AvgIpc) is 2.85. The van der Waals surface area contributed by atoms with Crippen molar-refractivity contribution in [2.45, 2.75) is 6.54 Å². The minimum absolute atomic E-state index is 0.0171. The van der Waals surface area contributed by atoms with Crippen LogP contribution in [0, 0.1) is 0 Å². The first-order chi connectivity index (χ1) is 7.27. The van der Waals surface area contributed by atoms with Crippen molar-refractivity contribution >= 4 is 44.5 Å². The van der Waals surface area contributed by atoms with E-state index >= 15 is 0 Å². The highest BCUT2D eigenvalue weighted by Crippen LogP contribution is 2.22. The van der Waals surface area contributed by atoms with Crippen LogP contribution >= 0.6 is 38.6 Å². The van der Waals surface area contributed by atoms with Gasteiger partial charge in [-0.1, -0.05) is 0 Å². The van der Waals surface area contributed by atoms with Gasteiger partial charge in [-0.2, -0.15) is 11.3 Å². The quantitative estimate of drug-likeness (QED) is 0.923. The highest BCUT2D eigenvalue weighted by Gasteiger charge is 2.07. The van der Waals surface area contributed by atoms with Gasteiger partial charge in [0, 0.05) is 20.3 Å². The number of rotatable bonds is 3. The van der Waals surface area contributed by atoms with Gasteiger partial charge in [0.05, 0.1) is 6.54 Å². The van der Waals surface area contributed by atoms with Crippen molar-refractivity contribution in [3.05, 3.63) is 43.2 Å². The molecular weight excluding hydrogens is 294 g/mol. The van der Waals surface area contributed by atoms with Gasteiger partial charge in [0.25, 0.3) is 5.91 Å². The molecule has 0 fully saturated rings. The second-order valence-corrected chi connectivity index (χ2v) is 5.52. The van der Waals surface area contributed by atoms with E-state index < -0.39 is 0 Å². The Bertz CT molecular complexity index is 450. The molecule has 0 atom stereocenters. The van der Waals surface area contributed by atoms with Crippen molar-refractivity contribution in [2.75, 3.05) is 0 Å². The summed E-state index contributed by atoms with van der Waals surface area (Å²) in [5.74, 6) is -0.0171. The molecule has 2 nitrogen and oxygen atoms in total. The van der Waals surface area contributed by atoms with Crippen LogP contribution in [0.1, 0.15) is 15.2 Å². The van der Waals surface area contributed by atoms with E-state index in [1.807, 2.05) is 28.3 Å². The Balaban J connectivity index is 1.95. The van der Waals surface area contributed by atoms with Gasteiger partial charge < -0.3 is 5.32 Å². The number of amides is 1. The zero-order chi connectivity index (χ0) is 10.7. The minimum atomic E-state index is -0.0171. The molecule has 0 aromatic carbocycles. The molecular formula is C10H8BrNOS2. The van der Waals surface area contributed by atoms with E-state index in [1.54, 1.807) is 11.3 Å². The van der Waals surface area contributed by atoms with Crippen LogP contribution in [0.4, 0.5) is 0 Å². The number of hydrogen-bond acceptors (Lipinski definition) is 3. The largest absolute Gasteiger partial charge is 0.347 e. The van der Waals surface area contributed by atoms with E-state index in [4.69, 9.17) is 0 Å². The van der Waals surface area contributed by atoms with Gasteiger partial charge in [0.15, 0.2) is 0 Å². The highest BCUT2D eigenvalue weighted by atomic mass is 79.9. The SMILES string of the molecule is O=C(NCc1sccc1Br)c1ccsc1. The van der Waals surface area contributed by atoms with Crippen LogP contribution in [0.3, 0.4) is 0 Å². The number of hydrogen-bond donors (Lipinski definition) is 1. The molecule has 15 heavy (non-hydrogen) atoms. The van der Waals surface area contributed by atoms with Gasteiger partial charge in [-0.15, -0.1) is 11.3 Å². The van der Waals surface area contributed by atoms with Crippen molar-refractivity contribution in [3.8, 4) is 0 Å². The number of thiophene rings is 2. The third-order valence-electron chi connectivity index (χ3n) is 1.88. The molecule has 2 rings (SSSR count). The van der Waals surface area contributed by atoms with E-state index in [0.717, 1.165) is 14.9 Å². The molecule has 2 aromatic heterocycles. The number of carbonyl (C=O) groups excluding carboxylic acids is 1. The van der Waals surface area contributed by atoms with E-state index in [2.05, 4.69) is 21.2 Å². The Kier molecular flexibility index (Phi) is 3.56. The van der Waals surface area contributed by atoms with Crippen LogP contribution in [0.2, 0.25) is 0 Å². The zero-order valence-corrected chi connectivity index (χ0v) is 10.9. The summed E-state index contributed by atoms with van der Waals surface area (Å²) in [4.78, 5) is 12.7. The number of carbonyl (C=O) groups is 1. The second-order valence-electron chi connectivity index (χ2n) is 2.89. The van der Waals surface area contributed by atoms with Gasteiger partial charge in [0.2, 0.25) is 0 Å². The van der Waals surface area contributed by atoms with Gasteiger partial charge in [-0.25, -0.2) is 0 Å². The van der Waals surface area contributed by atoms with Crippen molar-refractivity contribution in [1.82, 2.24) is 5.32 Å². The van der Waals surface area contributed by atoms with Crippen LogP contribution in [-0.4, -0.2) is 5.91 Å². The van der Waals surface area contributed by atoms with Crippen molar-refractivity contribution in [3.63, 3.8) is 0 Å². The lowest BCUT2D eigenvalue weighted by molar-refractivity contribution is 0.0951. The molecule has 0 spiro atoms. The van der Waals surface area contributed by atoms with Gasteiger partial charge in [-0.05, 0) is 38.8 Å². The lowest BCUT2D eigenvalue weighted by Crippen LogP contribution is -2.21. The Hall–Kier alpha value is -0.650. The molecule has 1 amide bonds. The lowest BCUT2D eigenvalue weighted by atomic mass is 10.3. The Morgan fingerprint density at radius 3 is 2.87 bits per heavy atom. The maximum Gasteiger partial charge on any atom is 0.252 e. The molecule has 0 radical (unpaired) electrons. The van der Waals surface area contributed by atoms with Crippen LogP contribution in [0.5, 0.6) is 0 Å². The molecule has 0 aliphatic heterocycles. The molecule has 0 unspecified atom stereocenters. The Morgan fingerprint density at radius 1 is 1.40 bits per heavy atom. The fourth-order valence-electron chi connectivity index (χ4n) is 1.11. The summed E-state index contributed by atoms with van der Waals surface area (Å²) in [6, 6.07) is 3.81. The molecule has 2 heterocycles. The van der Waals surface area contributed by atoms with Crippen molar-refractivity contribution in [2.24, 2.45) is 0 Å². The van der Waals surface area contributed by atoms with Crippen molar-refractivity contribution < 1.29 is 4.79 Å². The number of nitrogens with one attached hydrogen (secondary N) is 1. The molecule has 5 heteroatoms. The molecule has 0 aliphatic rings. The smallest absolute Gasteiger partial charge is 0.252 e. The molecule has 2 aromatic rings. The number of halogens is 1.